The first kappa shape index (κ1) is 17.2. The van der Waals surface area contributed by atoms with Crippen LogP contribution in [0.15, 0.2) is 29.2 Å². The van der Waals surface area contributed by atoms with E-state index in [0.29, 0.717) is 0 Å². The fourth-order valence-electron chi connectivity index (χ4n) is 0.702. The zero-order valence-electron chi connectivity index (χ0n) is 7.85. The number of rotatable bonds is 2. The molecule has 0 bridgehead atoms. The van der Waals surface area contributed by atoms with Gasteiger partial charge in [-0.05, 0) is 28.8 Å². The molecule has 1 unspecified atom stereocenters. The minimum Gasteiger partial charge on any atom is -0.768 e. The summed E-state index contributed by atoms with van der Waals surface area (Å²) in [5.74, 6) is -1.32. The fraction of sp³-hybridized carbons (Fsp3) is 0. The first-order valence-corrected chi connectivity index (χ1v) is 4.09. The Morgan fingerprint density at radius 2 is 1.57 bits per heavy atom. The Bertz CT molecular complexity index is 292. The molecule has 0 saturated carbocycles. The third-order valence-corrected chi connectivity index (χ3v) is 1.94. The van der Waals surface area contributed by atoms with Gasteiger partial charge in [0.25, 0.3) is 0 Å². The van der Waals surface area contributed by atoms with E-state index in [2.05, 4.69) is 0 Å². The molecule has 64 valence electrons. The molecule has 0 fully saturated rings. The van der Waals surface area contributed by atoms with Crippen LogP contribution in [0.25, 0.3) is 0 Å². The maximum Gasteiger partial charge on any atom is 1.00 e. The molecule has 1 aromatic rings. The van der Waals surface area contributed by atoms with Crippen molar-refractivity contribution in [2.45, 2.75) is 4.90 Å². The second-order valence-electron chi connectivity index (χ2n) is 2.05. The summed E-state index contributed by atoms with van der Waals surface area (Å²) in [7, 11) is 0. The fourth-order valence-corrected chi connectivity index (χ4v) is 1.06. The topological polar surface area (TPSA) is 80.3 Å². The number of benzene rings is 1. The van der Waals surface area contributed by atoms with Crippen molar-refractivity contribution >= 4 is 17.0 Å². The van der Waals surface area contributed by atoms with Gasteiger partial charge in [-0.15, -0.1) is 0 Å². The Labute approximate surface area is 128 Å². The molecular weight excluding hydrogens is 226 g/mol. The van der Waals surface area contributed by atoms with Crippen LogP contribution >= 0.6 is 0 Å². The molecule has 0 N–H and O–H groups in total. The minimum atomic E-state index is -2.31. The summed E-state index contributed by atoms with van der Waals surface area (Å²) < 4.78 is 20.6. The predicted octanol–water partition coefficient (Wildman–Crippen LogP) is -6.70. The van der Waals surface area contributed by atoms with E-state index in [1.807, 2.05) is 0 Å². The molecule has 0 radical (unpaired) electrons. The standard InChI is InChI=1S/C7H6O4S.2Na/c8-7(9)5-1-3-6(4-2-5)12(10)11;;/h1-4H,(H,8,9)(H,10,11);;/q;2*+1/p-2. The molecule has 1 atom stereocenters. The van der Waals surface area contributed by atoms with Crippen molar-refractivity contribution in [3.05, 3.63) is 29.8 Å². The monoisotopic (exact) mass is 230 g/mol. The zero-order chi connectivity index (χ0) is 9.14. The Balaban J connectivity index is 0. The van der Waals surface area contributed by atoms with Gasteiger partial charge >= 0.3 is 59.1 Å². The van der Waals surface area contributed by atoms with E-state index in [1.54, 1.807) is 0 Å². The summed E-state index contributed by atoms with van der Waals surface area (Å²) >= 11 is -2.31. The van der Waals surface area contributed by atoms with Gasteiger partial charge in [-0.3, -0.25) is 4.21 Å². The molecule has 4 nitrogen and oxygen atoms in total. The molecule has 7 heteroatoms. The molecule has 0 aliphatic rings. The summed E-state index contributed by atoms with van der Waals surface area (Å²) in [5.41, 5.74) is -0.0378. The molecule has 0 saturated heterocycles. The minimum absolute atomic E-state index is 0. The van der Waals surface area contributed by atoms with Gasteiger partial charge in [0, 0.05) is 4.90 Å². The Morgan fingerprint density at radius 1 is 1.14 bits per heavy atom. The summed E-state index contributed by atoms with van der Waals surface area (Å²) in [6.07, 6.45) is 0. The van der Waals surface area contributed by atoms with E-state index in [9.17, 15) is 18.7 Å². The molecule has 1 aromatic carbocycles. The van der Waals surface area contributed by atoms with Crippen LogP contribution in [0.1, 0.15) is 10.4 Å². The van der Waals surface area contributed by atoms with E-state index >= 15 is 0 Å². The molecule has 1 rings (SSSR count). The van der Waals surface area contributed by atoms with Crippen molar-refractivity contribution in [1.29, 1.82) is 0 Å². The number of hydrogen-bond acceptors (Lipinski definition) is 4. The average molecular weight is 230 g/mol. The Morgan fingerprint density at radius 3 is 1.86 bits per heavy atom. The van der Waals surface area contributed by atoms with Crippen LogP contribution in [0.2, 0.25) is 0 Å². The van der Waals surface area contributed by atoms with Crippen LogP contribution in [0.3, 0.4) is 0 Å². The molecule has 0 aromatic heterocycles. The van der Waals surface area contributed by atoms with Crippen LogP contribution in [-0.4, -0.2) is 14.7 Å². The molecule has 0 spiro atoms. The second kappa shape index (κ2) is 8.01. The smallest absolute Gasteiger partial charge is 0.768 e. The first-order valence-electron chi connectivity index (χ1n) is 3.02. The molecule has 0 aliphatic heterocycles. The van der Waals surface area contributed by atoms with Crippen LogP contribution in [-0.2, 0) is 11.1 Å². The number of carboxylic acids is 1. The van der Waals surface area contributed by atoms with Crippen LogP contribution in [0.4, 0.5) is 0 Å². The van der Waals surface area contributed by atoms with Gasteiger partial charge in [0.1, 0.15) is 0 Å². The normalized spacial score (nSPS) is 10.6. The Kier molecular flexibility index (Phi) is 9.84. The zero-order valence-corrected chi connectivity index (χ0v) is 12.7. The maximum absolute atomic E-state index is 10.3. The van der Waals surface area contributed by atoms with Gasteiger partial charge in [-0.25, -0.2) is 0 Å². The first-order chi connectivity index (χ1) is 5.61. The van der Waals surface area contributed by atoms with Crippen molar-refractivity contribution in [2.75, 3.05) is 0 Å². The summed E-state index contributed by atoms with van der Waals surface area (Å²) in [6.45, 7) is 0. The van der Waals surface area contributed by atoms with E-state index in [4.69, 9.17) is 0 Å². The summed E-state index contributed by atoms with van der Waals surface area (Å²) in [5, 5.41) is 10.2. The molecule has 0 heterocycles. The van der Waals surface area contributed by atoms with E-state index in [1.165, 1.54) is 24.3 Å². The van der Waals surface area contributed by atoms with Crippen LogP contribution in [0, 0.1) is 0 Å². The maximum atomic E-state index is 10.3. The molecular formula is C7H4Na2O4S. The van der Waals surface area contributed by atoms with Gasteiger partial charge in [0.2, 0.25) is 0 Å². The van der Waals surface area contributed by atoms with Crippen molar-refractivity contribution in [1.82, 2.24) is 0 Å². The molecule has 0 amide bonds. The van der Waals surface area contributed by atoms with Crippen molar-refractivity contribution in [3.63, 3.8) is 0 Å². The SMILES string of the molecule is O=C([O-])c1ccc(S(=O)[O-])cc1.[Na+].[Na+]. The van der Waals surface area contributed by atoms with Gasteiger partial charge in [0.05, 0.1) is 5.97 Å². The number of carboxylic acid groups (broad SMARTS) is 1. The van der Waals surface area contributed by atoms with Gasteiger partial charge in [-0.2, -0.15) is 0 Å². The van der Waals surface area contributed by atoms with Gasteiger partial charge in [-0.1, -0.05) is 12.1 Å². The van der Waals surface area contributed by atoms with Crippen LogP contribution in [0.5, 0.6) is 0 Å². The molecule has 14 heavy (non-hydrogen) atoms. The number of aromatic carboxylic acids is 1. The van der Waals surface area contributed by atoms with Crippen molar-refractivity contribution in [2.24, 2.45) is 0 Å². The van der Waals surface area contributed by atoms with Gasteiger partial charge in [0.15, 0.2) is 0 Å². The van der Waals surface area contributed by atoms with Crippen molar-refractivity contribution < 1.29 is 77.8 Å². The third-order valence-electron chi connectivity index (χ3n) is 1.28. The quantitative estimate of drug-likeness (QED) is 0.373. The number of hydrogen-bond donors (Lipinski definition) is 0. The number of carbonyl (C=O) groups excluding carboxylic acids is 1. The third kappa shape index (κ3) is 5.04. The van der Waals surface area contributed by atoms with Crippen molar-refractivity contribution in [3.8, 4) is 0 Å². The number of carbonyl (C=O) groups is 1. The Hall–Kier alpha value is 0.800. The average Bonchev–Trinajstić information content (AvgIpc) is 2.04. The largest absolute Gasteiger partial charge is 1.00 e. The summed E-state index contributed by atoms with van der Waals surface area (Å²) in [4.78, 5) is 10.3. The molecule has 0 aliphatic carbocycles. The van der Waals surface area contributed by atoms with E-state index < -0.39 is 17.0 Å². The van der Waals surface area contributed by atoms with Crippen LogP contribution < -0.4 is 64.2 Å². The summed E-state index contributed by atoms with van der Waals surface area (Å²) in [6, 6.07) is 4.77. The predicted molar refractivity (Wildman–Crippen MR) is 38.0 cm³/mol. The van der Waals surface area contributed by atoms with Gasteiger partial charge < -0.3 is 14.5 Å². The second-order valence-corrected chi connectivity index (χ2v) is 2.99. The van der Waals surface area contributed by atoms with E-state index in [0.717, 1.165) is 0 Å². The van der Waals surface area contributed by atoms with E-state index in [-0.39, 0.29) is 69.6 Å².